The Hall–Kier alpha value is -2.51. The molecule has 4 heterocycles. The second-order valence-corrected chi connectivity index (χ2v) is 6.69. The third-order valence-electron chi connectivity index (χ3n) is 5.10. The van der Waals surface area contributed by atoms with Crippen molar-refractivity contribution in [2.75, 3.05) is 54.0 Å². The van der Waals surface area contributed by atoms with Gasteiger partial charge in [0.1, 0.15) is 12.1 Å². The summed E-state index contributed by atoms with van der Waals surface area (Å²) in [7, 11) is 0. The van der Waals surface area contributed by atoms with Crippen LogP contribution >= 0.6 is 0 Å². The topological polar surface area (TPSA) is 61.3 Å². The number of aromatic nitrogens is 4. The zero-order valence-corrected chi connectivity index (χ0v) is 15.1. The Labute approximate surface area is 152 Å². The van der Waals surface area contributed by atoms with Gasteiger partial charge in [-0.2, -0.15) is 4.98 Å². The molecule has 0 N–H and O–H groups in total. The molecule has 138 valence electrons. The first-order valence-electron chi connectivity index (χ1n) is 9.33. The molecule has 2 aromatic rings. The molecule has 2 aliphatic heterocycles. The molecule has 2 aliphatic rings. The highest BCUT2D eigenvalue weighted by molar-refractivity contribution is 5.48. The molecule has 0 aromatic carbocycles. The van der Waals surface area contributed by atoms with Gasteiger partial charge in [0.25, 0.3) is 0 Å². The fraction of sp³-hybridized carbons (Fsp3) is 0.556. The minimum atomic E-state index is -0.290. The van der Waals surface area contributed by atoms with Crippen molar-refractivity contribution in [2.45, 2.75) is 26.2 Å². The van der Waals surface area contributed by atoms with Crippen LogP contribution in [0.2, 0.25) is 0 Å². The van der Waals surface area contributed by atoms with E-state index < -0.39 is 0 Å². The molecular formula is C18H24FN7. The van der Waals surface area contributed by atoms with Gasteiger partial charge in [-0.25, -0.2) is 19.3 Å². The lowest BCUT2D eigenvalue weighted by atomic mass is 10.2. The molecule has 0 unspecified atom stereocenters. The van der Waals surface area contributed by atoms with E-state index in [9.17, 15) is 4.39 Å². The number of piperazine rings is 1. The van der Waals surface area contributed by atoms with E-state index in [1.54, 1.807) is 0 Å². The van der Waals surface area contributed by atoms with Crippen molar-refractivity contribution < 1.29 is 4.39 Å². The van der Waals surface area contributed by atoms with Crippen molar-refractivity contribution in [3.05, 3.63) is 30.1 Å². The molecule has 0 aliphatic carbocycles. The molecule has 2 aromatic heterocycles. The Bertz CT molecular complexity index is 755. The van der Waals surface area contributed by atoms with E-state index in [-0.39, 0.29) is 5.82 Å². The lowest BCUT2D eigenvalue weighted by molar-refractivity contribution is 0.568. The van der Waals surface area contributed by atoms with Gasteiger partial charge in [0.15, 0.2) is 11.6 Å². The number of hydrogen-bond donors (Lipinski definition) is 0. The Morgan fingerprint density at radius 3 is 2.38 bits per heavy atom. The predicted octanol–water partition coefficient (Wildman–Crippen LogP) is 1.89. The highest BCUT2D eigenvalue weighted by Gasteiger charge is 2.24. The van der Waals surface area contributed by atoms with Gasteiger partial charge in [0, 0.05) is 45.5 Å². The molecule has 0 saturated carbocycles. The first-order chi connectivity index (χ1) is 12.8. The van der Waals surface area contributed by atoms with Gasteiger partial charge in [-0.1, -0.05) is 6.92 Å². The van der Waals surface area contributed by atoms with Crippen LogP contribution in [-0.4, -0.2) is 59.2 Å². The molecule has 0 radical (unpaired) electrons. The van der Waals surface area contributed by atoms with Crippen LogP contribution in [0.4, 0.5) is 22.0 Å². The van der Waals surface area contributed by atoms with Crippen LogP contribution in [0.25, 0.3) is 0 Å². The molecule has 4 rings (SSSR count). The summed E-state index contributed by atoms with van der Waals surface area (Å²) in [6.45, 7) is 6.94. The fourth-order valence-corrected chi connectivity index (χ4v) is 3.59. The number of aryl methyl sites for hydroxylation is 1. The predicted molar refractivity (Wildman–Crippen MR) is 99.3 cm³/mol. The van der Waals surface area contributed by atoms with Gasteiger partial charge in [-0.05, 0) is 25.3 Å². The van der Waals surface area contributed by atoms with E-state index in [0.717, 1.165) is 37.9 Å². The van der Waals surface area contributed by atoms with Gasteiger partial charge in [0.05, 0.1) is 5.69 Å². The van der Waals surface area contributed by atoms with Crippen molar-refractivity contribution in [1.29, 1.82) is 0 Å². The standard InChI is InChI=1S/C18H24FN7/c1-2-14-16(19)17(22-13-21-14)25-11-9-24(10-12-25)15-5-6-20-18(23-15)26-7-3-4-8-26/h5-6,13H,2-4,7-12H2,1H3. The number of nitrogens with zero attached hydrogens (tertiary/aromatic N) is 7. The van der Waals surface area contributed by atoms with Crippen LogP contribution in [0.5, 0.6) is 0 Å². The van der Waals surface area contributed by atoms with Crippen LogP contribution in [0.1, 0.15) is 25.5 Å². The van der Waals surface area contributed by atoms with Crippen LogP contribution in [0, 0.1) is 5.82 Å². The fourth-order valence-electron chi connectivity index (χ4n) is 3.59. The van der Waals surface area contributed by atoms with Crippen molar-refractivity contribution in [3.8, 4) is 0 Å². The molecule has 0 amide bonds. The maximum absolute atomic E-state index is 14.5. The molecule has 0 atom stereocenters. The van der Waals surface area contributed by atoms with Gasteiger partial charge in [-0.3, -0.25) is 0 Å². The number of anilines is 3. The monoisotopic (exact) mass is 357 g/mol. The van der Waals surface area contributed by atoms with Gasteiger partial charge >= 0.3 is 0 Å². The summed E-state index contributed by atoms with van der Waals surface area (Å²) in [5.74, 6) is 1.88. The smallest absolute Gasteiger partial charge is 0.227 e. The molecule has 0 bridgehead atoms. The number of rotatable bonds is 4. The van der Waals surface area contributed by atoms with Gasteiger partial charge in [0.2, 0.25) is 5.95 Å². The van der Waals surface area contributed by atoms with Crippen molar-refractivity contribution >= 4 is 17.6 Å². The lowest BCUT2D eigenvalue weighted by Gasteiger charge is -2.36. The third-order valence-corrected chi connectivity index (χ3v) is 5.10. The summed E-state index contributed by atoms with van der Waals surface area (Å²) in [6, 6.07) is 1.95. The van der Waals surface area contributed by atoms with Crippen molar-refractivity contribution in [3.63, 3.8) is 0 Å². The quantitative estimate of drug-likeness (QED) is 0.828. The zero-order chi connectivity index (χ0) is 17.9. The van der Waals surface area contributed by atoms with Crippen molar-refractivity contribution in [2.24, 2.45) is 0 Å². The second-order valence-electron chi connectivity index (χ2n) is 6.69. The SMILES string of the molecule is CCc1ncnc(N2CCN(c3ccnc(N4CCCC4)n3)CC2)c1F. The zero-order valence-electron chi connectivity index (χ0n) is 15.1. The Morgan fingerprint density at radius 2 is 1.65 bits per heavy atom. The molecule has 2 saturated heterocycles. The average molecular weight is 357 g/mol. The minimum Gasteiger partial charge on any atom is -0.353 e. The second kappa shape index (κ2) is 7.39. The lowest BCUT2D eigenvalue weighted by Crippen LogP contribution is -2.47. The van der Waals surface area contributed by atoms with E-state index in [2.05, 4.69) is 24.8 Å². The van der Waals surface area contributed by atoms with Crippen LogP contribution in [0.3, 0.4) is 0 Å². The molecular weight excluding hydrogens is 333 g/mol. The first kappa shape index (κ1) is 16.9. The highest BCUT2D eigenvalue weighted by Crippen LogP contribution is 2.23. The van der Waals surface area contributed by atoms with Crippen LogP contribution < -0.4 is 14.7 Å². The molecule has 0 spiro atoms. The molecule has 7 nitrogen and oxygen atoms in total. The molecule has 8 heteroatoms. The Morgan fingerprint density at radius 1 is 0.923 bits per heavy atom. The summed E-state index contributed by atoms with van der Waals surface area (Å²) in [5.41, 5.74) is 0.475. The summed E-state index contributed by atoms with van der Waals surface area (Å²) in [6.07, 6.45) is 6.27. The summed E-state index contributed by atoms with van der Waals surface area (Å²) in [5, 5.41) is 0. The van der Waals surface area contributed by atoms with E-state index >= 15 is 0 Å². The maximum Gasteiger partial charge on any atom is 0.227 e. The third kappa shape index (κ3) is 3.27. The first-order valence-corrected chi connectivity index (χ1v) is 9.33. The van der Waals surface area contributed by atoms with Gasteiger partial charge in [-0.15, -0.1) is 0 Å². The van der Waals surface area contributed by atoms with Crippen molar-refractivity contribution in [1.82, 2.24) is 19.9 Å². The molecule has 2 fully saturated rings. The number of hydrogen-bond acceptors (Lipinski definition) is 7. The highest BCUT2D eigenvalue weighted by atomic mass is 19.1. The summed E-state index contributed by atoms with van der Waals surface area (Å²) in [4.78, 5) is 23.8. The largest absolute Gasteiger partial charge is 0.353 e. The normalized spacial score (nSPS) is 17.8. The van der Waals surface area contributed by atoms with Gasteiger partial charge < -0.3 is 14.7 Å². The molecule has 26 heavy (non-hydrogen) atoms. The Kier molecular flexibility index (Phi) is 4.81. The summed E-state index contributed by atoms with van der Waals surface area (Å²) >= 11 is 0. The van der Waals surface area contributed by atoms with Crippen LogP contribution in [0.15, 0.2) is 18.6 Å². The van der Waals surface area contributed by atoms with Crippen LogP contribution in [-0.2, 0) is 6.42 Å². The minimum absolute atomic E-state index is 0.290. The van der Waals surface area contributed by atoms with E-state index in [0.29, 0.717) is 31.0 Å². The maximum atomic E-state index is 14.5. The van der Waals surface area contributed by atoms with E-state index in [4.69, 9.17) is 4.98 Å². The average Bonchev–Trinajstić information content (AvgIpc) is 3.23. The summed E-state index contributed by atoms with van der Waals surface area (Å²) < 4.78 is 14.5. The number of halogens is 1. The van der Waals surface area contributed by atoms with E-state index in [1.165, 1.54) is 19.2 Å². The van der Waals surface area contributed by atoms with E-state index in [1.807, 2.05) is 24.1 Å². The Balaban J connectivity index is 1.45.